The molecule has 2 N–H and O–H groups in total. The third-order valence-electron chi connectivity index (χ3n) is 5.21. The molecule has 0 saturated heterocycles. The molecule has 30 heavy (non-hydrogen) atoms. The van der Waals surface area contributed by atoms with Crippen LogP contribution in [0.25, 0.3) is 11.0 Å². The Balaban J connectivity index is 1.32. The van der Waals surface area contributed by atoms with Crippen LogP contribution in [0.1, 0.15) is 21.6 Å². The third kappa shape index (κ3) is 3.43. The van der Waals surface area contributed by atoms with Crippen LogP contribution in [0.3, 0.4) is 0 Å². The largest absolute Gasteiger partial charge is 0.497 e. The van der Waals surface area contributed by atoms with Crippen molar-refractivity contribution in [2.75, 3.05) is 19.0 Å². The van der Waals surface area contributed by atoms with E-state index >= 15 is 0 Å². The molecule has 2 aromatic carbocycles. The summed E-state index contributed by atoms with van der Waals surface area (Å²) < 4.78 is 5.25. The van der Waals surface area contributed by atoms with Crippen molar-refractivity contribution in [3.63, 3.8) is 0 Å². The van der Waals surface area contributed by atoms with Crippen molar-refractivity contribution in [3.05, 3.63) is 71.8 Å². The Hall–Kier alpha value is -3.94. The van der Waals surface area contributed by atoms with Gasteiger partial charge in [0.05, 0.1) is 30.2 Å². The molecule has 0 unspecified atom stereocenters. The van der Waals surface area contributed by atoms with Crippen molar-refractivity contribution in [3.8, 4) is 5.75 Å². The Labute approximate surface area is 172 Å². The summed E-state index contributed by atoms with van der Waals surface area (Å²) in [5, 5.41) is 3.21. The summed E-state index contributed by atoms with van der Waals surface area (Å²) in [5.41, 5.74) is 5.13. The number of benzene rings is 2. The molecule has 0 saturated carbocycles. The third-order valence-corrected chi connectivity index (χ3v) is 5.21. The van der Waals surface area contributed by atoms with Crippen LogP contribution in [-0.4, -0.2) is 44.4 Å². The number of fused-ring (bicyclic) bond motifs is 2. The molecule has 0 bridgehead atoms. The number of carbonyl (C=O) groups is 1. The van der Waals surface area contributed by atoms with Gasteiger partial charge in [-0.1, -0.05) is 6.07 Å². The maximum Gasteiger partial charge on any atom is 0.254 e. The molecule has 0 spiro atoms. The van der Waals surface area contributed by atoms with Crippen LogP contribution < -0.4 is 10.1 Å². The van der Waals surface area contributed by atoms with Gasteiger partial charge in [0.2, 0.25) is 5.95 Å². The lowest BCUT2D eigenvalue weighted by atomic mass is 10.1. The van der Waals surface area contributed by atoms with Crippen LogP contribution >= 0.6 is 0 Å². The van der Waals surface area contributed by atoms with Crippen LogP contribution in [-0.2, 0) is 13.0 Å². The number of imidazole rings is 1. The summed E-state index contributed by atoms with van der Waals surface area (Å²) in [6, 6.07) is 13.1. The number of hydrogen-bond donors (Lipinski definition) is 2. The molecule has 150 valence electrons. The lowest BCUT2D eigenvalue weighted by Crippen LogP contribution is -2.36. The monoisotopic (exact) mass is 400 g/mol. The minimum atomic E-state index is -0.00395. The van der Waals surface area contributed by atoms with E-state index < -0.39 is 0 Å². The highest BCUT2D eigenvalue weighted by molar-refractivity contribution is 5.97. The van der Waals surface area contributed by atoms with Gasteiger partial charge in [-0.3, -0.25) is 4.79 Å². The highest BCUT2D eigenvalue weighted by Gasteiger charge is 2.23. The molecule has 1 aliphatic rings. The molecule has 5 rings (SSSR count). The second-order valence-corrected chi connectivity index (χ2v) is 7.13. The van der Waals surface area contributed by atoms with Crippen molar-refractivity contribution >= 4 is 28.6 Å². The first kappa shape index (κ1) is 18.1. The normalized spacial score (nSPS) is 13.2. The minimum Gasteiger partial charge on any atom is -0.497 e. The van der Waals surface area contributed by atoms with Crippen molar-refractivity contribution in [1.29, 1.82) is 0 Å². The Morgan fingerprint density at radius 2 is 2.13 bits per heavy atom. The molecule has 8 heteroatoms. The second kappa shape index (κ2) is 7.47. The number of amides is 1. The summed E-state index contributed by atoms with van der Waals surface area (Å²) >= 11 is 0. The van der Waals surface area contributed by atoms with Crippen LogP contribution in [0.2, 0.25) is 0 Å². The van der Waals surface area contributed by atoms with Gasteiger partial charge in [0.25, 0.3) is 5.91 Å². The summed E-state index contributed by atoms with van der Waals surface area (Å²) in [6.45, 7) is 1.11. The number of aromatic amines is 1. The molecule has 1 amide bonds. The molecular formula is C22H20N6O2. The van der Waals surface area contributed by atoms with Crippen LogP contribution in [0.5, 0.6) is 5.75 Å². The zero-order valence-corrected chi connectivity index (χ0v) is 16.4. The van der Waals surface area contributed by atoms with Crippen molar-refractivity contribution in [2.24, 2.45) is 0 Å². The lowest BCUT2D eigenvalue weighted by molar-refractivity contribution is 0.0733. The molecule has 8 nitrogen and oxygen atoms in total. The average Bonchev–Trinajstić information content (AvgIpc) is 3.26. The van der Waals surface area contributed by atoms with E-state index in [-0.39, 0.29) is 5.91 Å². The zero-order chi connectivity index (χ0) is 20.5. The van der Waals surface area contributed by atoms with E-state index in [1.54, 1.807) is 19.6 Å². The lowest BCUT2D eigenvalue weighted by Gasteiger charge is -2.28. The fourth-order valence-corrected chi connectivity index (χ4v) is 3.63. The second-order valence-electron chi connectivity index (χ2n) is 7.13. The first-order valence-electron chi connectivity index (χ1n) is 9.68. The number of hydrogen-bond acceptors (Lipinski definition) is 6. The summed E-state index contributed by atoms with van der Waals surface area (Å²) in [7, 11) is 1.63. The zero-order valence-electron chi connectivity index (χ0n) is 16.4. The molecule has 0 fully saturated rings. The summed E-state index contributed by atoms with van der Waals surface area (Å²) in [4.78, 5) is 31.1. The number of nitrogens with zero attached hydrogens (tertiary/aromatic N) is 4. The quantitative estimate of drug-likeness (QED) is 0.546. The smallest absolute Gasteiger partial charge is 0.254 e. The van der Waals surface area contributed by atoms with Gasteiger partial charge in [-0.2, -0.15) is 0 Å². The highest BCUT2D eigenvalue weighted by Crippen LogP contribution is 2.23. The van der Waals surface area contributed by atoms with Gasteiger partial charge >= 0.3 is 0 Å². The topological polar surface area (TPSA) is 96.0 Å². The van der Waals surface area contributed by atoms with Crippen molar-refractivity contribution in [2.45, 2.75) is 13.0 Å². The van der Waals surface area contributed by atoms with Crippen molar-refractivity contribution in [1.82, 2.24) is 24.8 Å². The predicted molar refractivity (Wildman–Crippen MR) is 113 cm³/mol. The van der Waals surface area contributed by atoms with E-state index in [0.29, 0.717) is 31.0 Å². The standard InChI is InChI=1S/C22H20N6O2/c1-30-17-4-2-3-16(10-17)26-22-23-11-15-12-28(8-7-18(15)27-22)21(29)14-5-6-19-20(9-14)25-13-24-19/h2-6,9-11,13H,7-8,12H2,1H3,(H,24,25)(H,23,26,27). The van der Waals surface area contributed by atoms with Gasteiger partial charge < -0.3 is 19.9 Å². The van der Waals surface area contributed by atoms with E-state index in [1.165, 1.54) is 0 Å². The van der Waals surface area contributed by atoms with E-state index in [9.17, 15) is 4.79 Å². The molecule has 0 atom stereocenters. The molecular weight excluding hydrogens is 380 g/mol. The fourth-order valence-electron chi connectivity index (χ4n) is 3.63. The fraction of sp³-hybridized carbons (Fsp3) is 0.182. The number of nitrogens with one attached hydrogen (secondary N) is 2. The van der Waals surface area contributed by atoms with Gasteiger partial charge in [0.15, 0.2) is 0 Å². The number of methoxy groups -OCH3 is 1. The van der Waals surface area contributed by atoms with Gasteiger partial charge in [-0.05, 0) is 30.3 Å². The minimum absolute atomic E-state index is 0.00395. The van der Waals surface area contributed by atoms with Crippen LogP contribution in [0.4, 0.5) is 11.6 Å². The summed E-state index contributed by atoms with van der Waals surface area (Å²) in [6.07, 6.45) is 4.11. The van der Waals surface area contributed by atoms with Gasteiger partial charge in [0.1, 0.15) is 5.75 Å². The van der Waals surface area contributed by atoms with E-state index in [2.05, 4.69) is 25.3 Å². The number of aromatic nitrogens is 4. The van der Waals surface area contributed by atoms with Crippen LogP contribution in [0, 0.1) is 0 Å². The number of H-pyrrole nitrogens is 1. The molecule has 0 radical (unpaired) electrons. The maximum atomic E-state index is 13.0. The first-order valence-corrected chi connectivity index (χ1v) is 9.68. The Kier molecular flexibility index (Phi) is 4.51. The number of rotatable bonds is 4. The van der Waals surface area contributed by atoms with Gasteiger partial charge in [-0.25, -0.2) is 15.0 Å². The molecule has 2 aromatic heterocycles. The number of anilines is 2. The van der Waals surface area contributed by atoms with Crippen LogP contribution in [0.15, 0.2) is 55.0 Å². The molecule has 0 aliphatic carbocycles. The number of carbonyl (C=O) groups excluding carboxylic acids is 1. The van der Waals surface area contributed by atoms with Crippen molar-refractivity contribution < 1.29 is 9.53 Å². The summed E-state index contributed by atoms with van der Waals surface area (Å²) in [5.74, 6) is 1.29. The average molecular weight is 400 g/mol. The Bertz CT molecular complexity index is 1240. The molecule has 1 aliphatic heterocycles. The first-order chi connectivity index (χ1) is 14.7. The predicted octanol–water partition coefficient (Wildman–Crippen LogP) is 3.30. The molecule has 4 aromatic rings. The molecule has 3 heterocycles. The van der Waals surface area contributed by atoms with E-state index in [1.807, 2.05) is 47.4 Å². The highest BCUT2D eigenvalue weighted by atomic mass is 16.5. The number of ether oxygens (including phenoxy) is 1. The maximum absolute atomic E-state index is 13.0. The van der Waals surface area contributed by atoms with E-state index in [0.717, 1.165) is 33.7 Å². The van der Waals surface area contributed by atoms with Gasteiger partial charge in [0, 0.05) is 48.6 Å². The Morgan fingerprint density at radius 3 is 3.03 bits per heavy atom. The Morgan fingerprint density at radius 1 is 1.20 bits per heavy atom. The SMILES string of the molecule is COc1cccc(Nc2ncc3c(n2)CCN(C(=O)c2ccc4nc[nH]c4c2)C3)c1. The van der Waals surface area contributed by atoms with Gasteiger partial charge in [-0.15, -0.1) is 0 Å². The van der Waals surface area contributed by atoms with E-state index in [4.69, 9.17) is 4.74 Å².